The van der Waals surface area contributed by atoms with Crippen LogP contribution in [0.5, 0.6) is 0 Å². The van der Waals surface area contributed by atoms with Crippen LogP contribution < -0.4 is 5.32 Å². The predicted molar refractivity (Wildman–Crippen MR) is 80.6 cm³/mol. The molecule has 23 heavy (non-hydrogen) atoms. The largest absolute Gasteiger partial charge is 0.480 e. The van der Waals surface area contributed by atoms with Crippen molar-refractivity contribution in [1.29, 1.82) is 0 Å². The van der Waals surface area contributed by atoms with Gasteiger partial charge in [0.2, 0.25) is 10.0 Å². The van der Waals surface area contributed by atoms with E-state index in [2.05, 4.69) is 5.32 Å². The zero-order chi connectivity index (χ0) is 17.0. The monoisotopic (exact) mass is 342 g/mol. The Bertz CT molecular complexity index is 697. The Labute approximate surface area is 134 Å². The van der Waals surface area contributed by atoms with Gasteiger partial charge in [0.25, 0.3) is 5.91 Å². The third-order valence-corrected chi connectivity index (χ3v) is 5.39. The molecule has 1 aromatic rings. The van der Waals surface area contributed by atoms with Crippen molar-refractivity contribution in [3.63, 3.8) is 0 Å². The molecular formula is C14H18N2O6S. The molecule has 1 amide bonds. The van der Waals surface area contributed by atoms with Crippen molar-refractivity contribution in [3.05, 3.63) is 29.8 Å². The third-order valence-electron chi connectivity index (χ3n) is 3.44. The highest BCUT2D eigenvalue weighted by atomic mass is 32.2. The lowest BCUT2D eigenvalue weighted by atomic mass is 10.2. The number of nitrogens with zero attached hydrogens (tertiary/aromatic N) is 1. The number of benzene rings is 1. The molecule has 9 heteroatoms. The molecule has 2 rings (SSSR count). The maximum Gasteiger partial charge on any atom is 0.325 e. The van der Waals surface area contributed by atoms with Crippen molar-refractivity contribution >= 4 is 21.9 Å². The van der Waals surface area contributed by atoms with Crippen LogP contribution in [0.4, 0.5) is 0 Å². The Hall–Kier alpha value is -1.97. The summed E-state index contributed by atoms with van der Waals surface area (Å²) >= 11 is 0. The highest BCUT2D eigenvalue weighted by molar-refractivity contribution is 7.89. The minimum absolute atomic E-state index is 0.0768. The number of carboxylic acids is 1. The Balaban J connectivity index is 2.33. The number of hydrogen-bond acceptors (Lipinski definition) is 5. The van der Waals surface area contributed by atoms with Crippen molar-refractivity contribution in [2.75, 3.05) is 26.3 Å². The molecule has 1 heterocycles. The van der Waals surface area contributed by atoms with E-state index in [1.807, 2.05) is 0 Å². The van der Waals surface area contributed by atoms with Crippen LogP contribution in [0.2, 0.25) is 0 Å². The third kappa shape index (κ3) is 3.87. The molecule has 1 aromatic carbocycles. The van der Waals surface area contributed by atoms with Gasteiger partial charge in [-0.25, -0.2) is 8.42 Å². The summed E-state index contributed by atoms with van der Waals surface area (Å²) in [5, 5.41) is 11.1. The standard InChI is InChI=1S/C14H18N2O6S/c1-10(14(18)19)15-13(17)11-4-2-3-5-12(11)23(20,21)16-6-8-22-9-7-16/h2-5,10H,6-9H2,1H3,(H,15,17)(H,18,19)/t10-/m0/s1. The van der Waals surface area contributed by atoms with Gasteiger partial charge in [-0.2, -0.15) is 4.31 Å². The summed E-state index contributed by atoms with van der Waals surface area (Å²) in [6.45, 7) is 2.32. The summed E-state index contributed by atoms with van der Waals surface area (Å²) in [6.07, 6.45) is 0. The molecule has 126 valence electrons. The molecule has 0 aliphatic carbocycles. The second kappa shape index (κ2) is 7.07. The molecule has 1 saturated heterocycles. The topological polar surface area (TPSA) is 113 Å². The Morgan fingerprint density at radius 2 is 1.87 bits per heavy atom. The lowest BCUT2D eigenvalue weighted by molar-refractivity contribution is -0.138. The van der Waals surface area contributed by atoms with Gasteiger partial charge in [-0.05, 0) is 19.1 Å². The van der Waals surface area contributed by atoms with E-state index >= 15 is 0 Å². The second-order valence-corrected chi connectivity index (χ2v) is 6.95. The number of amides is 1. The zero-order valence-electron chi connectivity index (χ0n) is 12.6. The van der Waals surface area contributed by atoms with E-state index in [1.54, 1.807) is 0 Å². The smallest absolute Gasteiger partial charge is 0.325 e. The van der Waals surface area contributed by atoms with Gasteiger partial charge in [-0.1, -0.05) is 12.1 Å². The quantitative estimate of drug-likeness (QED) is 0.773. The van der Waals surface area contributed by atoms with Gasteiger partial charge in [-0.3, -0.25) is 9.59 Å². The van der Waals surface area contributed by atoms with Crippen LogP contribution in [-0.2, 0) is 19.6 Å². The fourth-order valence-corrected chi connectivity index (χ4v) is 3.74. The molecule has 1 aliphatic heterocycles. The lowest BCUT2D eigenvalue weighted by Crippen LogP contribution is -2.42. The first-order valence-electron chi connectivity index (χ1n) is 7.04. The summed E-state index contributed by atoms with van der Waals surface area (Å²) in [6, 6.07) is 4.62. The average molecular weight is 342 g/mol. The average Bonchev–Trinajstić information content (AvgIpc) is 2.55. The van der Waals surface area contributed by atoms with E-state index in [-0.39, 0.29) is 23.5 Å². The van der Waals surface area contributed by atoms with Crippen LogP contribution in [0.15, 0.2) is 29.2 Å². The number of ether oxygens (including phenoxy) is 1. The van der Waals surface area contributed by atoms with E-state index in [0.29, 0.717) is 13.2 Å². The highest BCUT2D eigenvalue weighted by Crippen LogP contribution is 2.21. The maximum atomic E-state index is 12.7. The minimum atomic E-state index is -3.85. The van der Waals surface area contributed by atoms with Gasteiger partial charge in [0.1, 0.15) is 6.04 Å². The molecule has 0 radical (unpaired) electrons. The number of morpholine rings is 1. The summed E-state index contributed by atoms with van der Waals surface area (Å²) in [4.78, 5) is 22.9. The first-order chi connectivity index (χ1) is 10.8. The van der Waals surface area contributed by atoms with Gasteiger partial charge in [0.15, 0.2) is 0 Å². The molecule has 2 N–H and O–H groups in total. The van der Waals surface area contributed by atoms with E-state index in [4.69, 9.17) is 9.84 Å². The number of sulfonamides is 1. The van der Waals surface area contributed by atoms with E-state index in [9.17, 15) is 18.0 Å². The molecule has 8 nitrogen and oxygen atoms in total. The fraction of sp³-hybridized carbons (Fsp3) is 0.429. The van der Waals surface area contributed by atoms with Crippen LogP contribution in [0.25, 0.3) is 0 Å². The van der Waals surface area contributed by atoms with Crippen LogP contribution >= 0.6 is 0 Å². The maximum absolute atomic E-state index is 12.7. The molecule has 1 aliphatic rings. The molecular weight excluding hydrogens is 324 g/mol. The lowest BCUT2D eigenvalue weighted by Gasteiger charge is -2.26. The molecule has 1 fully saturated rings. The molecule has 0 bridgehead atoms. The number of rotatable bonds is 5. The van der Waals surface area contributed by atoms with E-state index in [0.717, 1.165) is 0 Å². The van der Waals surface area contributed by atoms with Crippen molar-refractivity contribution in [3.8, 4) is 0 Å². The highest BCUT2D eigenvalue weighted by Gasteiger charge is 2.30. The van der Waals surface area contributed by atoms with Gasteiger partial charge in [-0.15, -0.1) is 0 Å². The molecule has 0 unspecified atom stereocenters. The molecule has 0 aromatic heterocycles. The summed E-state index contributed by atoms with van der Waals surface area (Å²) in [5.74, 6) is -1.95. The number of nitrogens with one attached hydrogen (secondary N) is 1. The summed E-state index contributed by atoms with van der Waals surface area (Å²) < 4.78 is 31.8. The number of carbonyl (C=O) groups is 2. The Kier molecular flexibility index (Phi) is 5.34. The van der Waals surface area contributed by atoms with Gasteiger partial charge in [0, 0.05) is 13.1 Å². The SMILES string of the molecule is C[C@H](NC(=O)c1ccccc1S(=O)(=O)N1CCOCC1)C(=O)O. The van der Waals surface area contributed by atoms with Crippen LogP contribution in [0, 0.1) is 0 Å². The van der Waals surface area contributed by atoms with Crippen molar-refractivity contribution in [2.45, 2.75) is 17.9 Å². The number of hydrogen-bond donors (Lipinski definition) is 2. The minimum Gasteiger partial charge on any atom is -0.480 e. The predicted octanol–water partition coefficient (Wildman–Crippen LogP) is -0.0896. The van der Waals surface area contributed by atoms with E-state index < -0.39 is 27.9 Å². The Morgan fingerprint density at radius 3 is 2.48 bits per heavy atom. The van der Waals surface area contributed by atoms with Crippen LogP contribution in [0.3, 0.4) is 0 Å². The van der Waals surface area contributed by atoms with Crippen molar-refractivity contribution in [2.24, 2.45) is 0 Å². The number of carbonyl (C=O) groups excluding carboxylic acids is 1. The van der Waals surface area contributed by atoms with Gasteiger partial charge in [0.05, 0.1) is 23.7 Å². The normalized spacial score (nSPS) is 17.4. The molecule has 1 atom stereocenters. The summed E-state index contributed by atoms with van der Waals surface area (Å²) in [5.41, 5.74) is -0.0768. The summed E-state index contributed by atoms with van der Waals surface area (Å²) in [7, 11) is -3.85. The van der Waals surface area contributed by atoms with Crippen molar-refractivity contribution in [1.82, 2.24) is 9.62 Å². The van der Waals surface area contributed by atoms with Gasteiger partial charge < -0.3 is 15.2 Å². The van der Waals surface area contributed by atoms with Crippen molar-refractivity contribution < 1.29 is 27.9 Å². The van der Waals surface area contributed by atoms with Crippen LogP contribution in [-0.4, -0.2) is 62.1 Å². The first kappa shape index (κ1) is 17.4. The first-order valence-corrected chi connectivity index (χ1v) is 8.48. The molecule has 0 spiro atoms. The van der Waals surface area contributed by atoms with E-state index in [1.165, 1.54) is 35.5 Å². The molecule has 0 saturated carbocycles. The fourth-order valence-electron chi connectivity index (χ4n) is 2.14. The Morgan fingerprint density at radius 1 is 1.26 bits per heavy atom. The zero-order valence-corrected chi connectivity index (χ0v) is 13.4. The van der Waals surface area contributed by atoms with Crippen LogP contribution in [0.1, 0.15) is 17.3 Å². The number of carboxylic acid groups (broad SMARTS) is 1. The number of aliphatic carboxylic acids is 1. The van der Waals surface area contributed by atoms with Gasteiger partial charge >= 0.3 is 5.97 Å². The second-order valence-electron chi connectivity index (χ2n) is 5.05.